The van der Waals surface area contributed by atoms with Crippen LogP contribution in [0.5, 0.6) is 0 Å². The smallest absolute Gasteiger partial charge is 0.315 e. The first-order chi connectivity index (χ1) is 12.7. The average molecular weight is 352 g/mol. The van der Waals surface area contributed by atoms with E-state index in [-0.39, 0.29) is 11.9 Å². The average Bonchev–Trinajstić information content (AvgIpc) is 2.72. The van der Waals surface area contributed by atoms with E-state index in [2.05, 4.69) is 45.6 Å². The molecule has 26 heavy (non-hydrogen) atoms. The highest BCUT2D eigenvalue weighted by molar-refractivity contribution is 5.73. The van der Waals surface area contributed by atoms with Gasteiger partial charge in [-0.25, -0.2) is 9.78 Å². The molecular weight excluding hydrogens is 324 g/mol. The zero-order chi connectivity index (χ0) is 18.2. The van der Waals surface area contributed by atoms with Crippen molar-refractivity contribution in [2.75, 3.05) is 24.5 Å². The molecule has 0 saturated carbocycles. The topological polar surface area (TPSA) is 57.3 Å². The molecular formula is C21H28N4O. The molecule has 0 aliphatic carbocycles. The summed E-state index contributed by atoms with van der Waals surface area (Å²) in [5, 5.41) is 5.84. The van der Waals surface area contributed by atoms with Gasteiger partial charge in [0.1, 0.15) is 5.82 Å². The highest BCUT2D eigenvalue weighted by atomic mass is 16.2. The summed E-state index contributed by atoms with van der Waals surface area (Å²) < 4.78 is 0. The van der Waals surface area contributed by atoms with Gasteiger partial charge in [0, 0.05) is 32.4 Å². The summed E-state index contributed by atoms with van der Waals surface area (Å²) in [5.74, 6) is 1.32. The number of amides is 2. The van der Waals surface area contributed by atoms with Crippen molar-refractivity contribution in [1.29, 1.82) is 0 Å². The Labute approximate surface area is 155 Å². The molecule has 1 saturated heterocycles. The Bertz CT molecular complexity index is 681. The Morgan fingerprint density at radius 2 is 1.85 bits per heavy atom. The summed E-state index contributed by atoms with van der Waals surface area (Å²) in [7, 11) is 0. The van der Waals surface area contributed by atoms with E-state index in [0.717, 1.165) is 24.5 Å². The van der Waals surface area contributed by atoms with Crippen LogP contribution in [0.3, 0.4) is 0 Å². The molecule has 138 valence electrons. The molecule has 1 atom stereocenters. The van der Waals surface area contributed by atoms with E-state index in [9.17, 15) is 4.79 Å². The van der Waals surface area contributed by atoms with Crippen molar-refractivity contribution in [1.82, 2.24) is 15.6 Å². The van der Waals surface area contributed by atoms with Crippen molar-refractivity contribution < 1.29 is 4.79 Å². The number of carbonyl (C=O) groups excluding carboxylic acids is 1. The van der Waals surface area contributed by atoms with Crippen molar-refractivity contribution in [3.63, 3.8) is 0 Å². The summed E-state index contributed by atoms with van der Waals surface area (Å²) in [6.07, 6.45) is 5.66. The van der Waals surface area contributed by atoms with Crippen LogP contribution in [0.2, 0.25) is 0 Å². The maximum Gasteiger partial charge on any atom is 0.315 e. The second-order valence-corrected chi connectivity index (χ2v) is 6.95. The molecule has 1 aliphatic heterocycles. The lowest BCUT2D eigenvalue weighted by Crippen LogP contribution is -2.37. The fraction of sp³-hybridized carbons (Fsp3) is 0.429. The number of hydrogen-bond donors (Lipinski definition) is 2. The second kappa shape index (κ2) is 9.22. The van der Waals surface area contributed by atoms with Crippen LogP contribution in [-0.4, -0.2) is 30.6 Å². The number of benzene rings is 1. The normalized spacial score (nSPS) is 15.3. The number of anilines is 1. The standard InChI is InChI=1S/C21H28N4O/c1-17(19-8-4-2-5-9-19)14-23-21(26)24-16-18-10-11-20(22-15-18)25-12-6-3-7-13-25/h2,4-5,8-11,15,17H,3,6-7,12-14,16H2,1H3,(H2,23,24,26). The number of nitrogens with zero attached hydrogens (tertiary/aromatic N) is 2. The molecule has 2 aromatic rings. The zero-order valence-corrected chi connectivity index (χ0v) is 15.4. The monoisotopic (exact) mass is 352 g/mol. The fourth-order valence-corrected chi connectivity index (χ4v) is 3.22. The van der Waals surface area contributed by atoms with Gasteiger partial charge in [-0.3, -0.25) is 0 Å². The van der Waals surface area contributed by atoms with Gasteiger partial charge in [-0.1, -0.05) is 43.3 Å². The molecule has 0 radical (unpaired) electrons. The third-order valence-corrected chi connectivity index (χ3v) is 4.88. The van der Waals surface area contributed by atoms with E-state index >= 15 is 0 Å². The first-order valence-corrected chi connectivity index (χ1v) is 9.49. The quantitative estimate of drug-likeness (QED) is 0.834. The van der Waals surface area contributed by atoms with Gasteiger partial charge in [-0.05, 0) is 42.4 Å². The van der Waals surface area contributed by atoms with Gasteiger partial charge in [-0.15, -0.1) is 0 Å². The third-order valence-electron chi connectivity index (χ3n) is 4.88. The lowest BCUT2D eigenvalue weighted by Gasteiger charge is -2.27. The number of nitrogens with one attached hydrogen (secondary N) is 2. The predicted molar refractivity (Wildman–Crippen MR) is 105 cm³/mol. The number of pyridine rings is 1. The molecule has 5 heteroatoms. The van der Waals surface area contributed by atoms with Gasteiger partial charge in [0.05, 0.1) is 0 Å². The summed E-state index contributed by atoms with van der Waals surface area (Å²) in [4.78, 5) is 18.9. The number of rotatable bonds is 6. The first-order valence-electron chi connectivity index (χ1n) is 9.49. The summed E-state index contributed by atoms with van der Waals surface area (Å²) >= 11 is 0. The van der Waals surface area contributed by atoms with Crippen LogP contribution >= 0.6 is 0 Å². The lowest BCUT2D eigenvalue weighted by molar-refractivity contribution is 0.240. The van der Waals surface area contributed by atoms with Crippen molar-refractivity contribution in [3.8, 4) is 0 Å². The molecule has 0 spiro atoms. The highest BCUT2D eigenvalue weighted by Crippen LogP contribution is 2.17. The Balaban J connectivity index is 1.41. The van der Waals surface area contributed by atoms with Gasteiger partial charge in [0.15, 0.2) is 0 Å². The number of urea groups is 1. The van der Waals surface area contributed by atoms with E-state index in [1.807, 2.05) is 30.5 Å². The van der Waals surface area contributed by atoms with Crippen molar-refractivity contribution in [3.05, 3.63) is 59.8 Å². The Morgan fingerprint density at radius 3 is 2.54 bits per heavy atom. The maximum absolute atomic E-state index is 12.0. The van der Waals surface area contributed by atoms with Crippen LogP contribution in [0.15, 0.2) is 48.7 Å². The summed E-state index contributed by atoms with van der Waals surface area (Å²) in [5.41, 5.74) is 2.24. The fourth-order valence-electron chi connectivity index (χ4n) is 3.22. The maximum atomic E-state index is 12.0. The van der Waals surface area contributed by atoms with E-state index in [1.165, 1.54) is 24.8 Å². The number of piperidine rings is 1. The van der Waals surface area contributed by atoms with E-state index in [0.29, 0.717) is 13.1 Å². The van der Waals surface area contributed by atoms with E-state index in [1.54, 1.807) is 0 Å². The molecule has 1 unspecified atom stereocenters. The van der Waals surface area contributed by atoms with Crippen molar-refractivity contribution >= 4 is 11.8 Å². The van der Waals surface area contributed by atoms with Crippen LogP contribution < -0.4 is 15.5 Å². The molecule has 2 heterocycles. The molecule has 1 aliphatic rings. The highest BCUT2D eigenvalue weighted by Gasteiger charge is 2.12. The van der Waals surface area contributed by atoms with Crippen LogP contribution in [-0.2, 0) is 6.54 Å². The molecule has 2 amide bonds. The molecule has 1 aromatic heterocycles. The zero-order valence-electron chi connectivity index (χ0n) is 15.4. The number of hydrogen-bond acceptors (Lipinski definition) is 3. The Kier molecular flexibility index (Phi) is 6.47. The van der Waals surface area contributed by atoms with Gasteiger partial charge in [0.2, 0.25) is 0 Å². The molecule has 1 fully saturated rings. The predicted octanol–water partition coefficient (Wildman–Crippen LogP) is 3.67. The summed E-state index contributed by atoms with van der Waals surface area (Å²) in [6.45, 7) is 5.39. The molecule has 5 nitrogen and oxygen atoms in total. The minimum Gasteiger partial charge on any atom is -0.357 e. The van der Waals surface area contributed by atoms with Crippen molar-refractivity contribution in [2.45, 2.75) is 38.6 Å². The van der Waals surface area contributed by atoms with Crippen LogP contribution in [0.25, 0.3) is 0 Å². The number of carbonyl (C=O) groups is 1. The minimum atomic E-state index is -0.145. The molecule has 3 rings (SSSR count). The SMILES string of the molecule is CC(CNC(=O)NCc1ccc(N2CCCCC2)nc1)c1ccccc1. The van der Waals surface area contributed by atoms with E-state index < -0.39 is 0 Å². The van der Waals surface area contributed by atoms with Crippen LogP contribution in [0, 0.1) is 0 Å². The van der Waals surface area contributed by atoms with Gasteiger partial charge < -0.3 is 15.5 Å². The van der Waals surface area contributed by atoms with E-state index in [4.69, 9.17) is 0 Å². The Morgan fingerprint density at radius 1 is 1.08 bits per heavy atom. The van der Waals surface area contributed by atoms with Crippen LogP contribution in [0.1, 0.15) is 43.2 Å². The molecule has 0 bridgehead atoms. The number of aromatic nitrogens is 1. The molecule has 2 N–H and O–H groups in total. The molecule has 1 aromatic carbocycles. The Hall–Kier alpha value is -2.56. The third kappa shape index (κ3) is 5.22. The first kappa shape index (κ1) is 18.2. The second-order valence-electron chi connectivity index (χ2n) is 6.95. The largest absolute Gasteiger partial charge is 0.357 e. The minimum absolute atomic E-state index is 0.145. The van der Waals surface area contributed by atoms with Gasteiger partial charge >= 0.3 is 6.03 Å². The lowest BCUT2D eigenvalue weighted by atomic mass is 10.0. The van der Waals surface area contributed by atoms with Gasteiger partial charge in [0.25, 0.3) is 0 Å². The van der Waals surface area contributed by atoms with Crippen molar-refractivity contribution in [2.24, 2.45) is 0 Å². The van der Waals surface area contributed by atoms with Gasteiger partial charge in [-0.2, -0.15) is 0 Å². The summed E-state index contributed by atoms with van der Waals surface area (Å²) in [6, 6.07) is 14.2. The van der Waals surface area contributed by atoms with Crippen LogP contribution in [0.4, 0.5) is 10.6 Å².